The number of pyridine rings is 2. The monoisotopic (exact) mass is 393 g/mol. The summed E-state index contributed by atoms with van der Waals surface area (Å²) in [6.45, 7) is 2.09. The highest BCUT2D eigenvalue weighted by molar-refractivity contribution is 5.92. The van der Waals surface area contributed by atoms with E-state index >= 15 is 0 Å². The van der Waals surface area contributed by atoms with Crippen molar-refractivity contribution in [3.63, 3.8) is 0 Å². The fourth-order valence-electron chi connectivity index (χ4n) is 3.45. The van der Waals surface area contributed by atoms with Crippen molar-refractivity contribution in [2.24, 2.45) is 0 Å². The molecule has 2 aliphatic rings. The molecule has 148 valence electrons. The normalized spacial score (nSPS) is 16.9. The minimum atomic E-state index is -0.594. The number of aromatic nitrogens is 4. The van der Waals surface area contributed by atoms with Gasteiger partial charge in [0.05, 0.1) is 11.7 Å². The number of amides is 1. The molecule has 8 nitrogen and oxygen atoms in total. The molecule has 0 radical (unpaired) electrons. The number of hydrogen-bond donors (Lipinski definition) is 1. The lowest BCUT2D eigenvalue weighted by Gasteiger charge is -2.35. The van der Waals surface area contributed by atoms with Gasteiger partial charge in [0.1, 0.15) is 5.52 Å². The lowest BCUT2D eigenvalue weighted by molar-refractivity contribution is 0.0735. The molecule has 3 aromatic rings. The van der Waals surface area contributed by atoms with E-state index in [0.29, 0.717) is 32.2 Å². The van der Waals surface area contributed by atoms with Crippen LogP contribution < -0.4 is 10.2 Å². The van der Waals surface area contributed by atoms with Gasteiger partial charge in [0.2, 0.25) is 0 Å². The van der Waals surface area contributed by atoms with E-state index in [-0.39, 0.29) is 11.6 Å². The van der Waals surface area contributed by atoms with Gasteiger partial charge in [-0.3, -0.25) is 9.78 Å². The highest BCUT2D eigenvalue weighted by Gasteiger charge is 2.29. The maximum atomic E-state index is 13.9. The molecule has 2 fully saturated rings. The van der Waals surface area contributed by atoms with Crippen LogP contribution in [-0.4, -0.2) is 63.0 Å². The smallest absolute Gasteiger partial charge is 0.275 e. The van der Waals surface area contributed by atoms with Crippen molar-refractivity contribution in [1.82, 2.24) is 24.8 Å². The van der Waals surface area contributed by atoms with Gasteiger partial charge in [0.25, 0.3) is 5.91 Å². The summed E-state index contributed by atoms with van der Waals surface area (Å²) in [5.41, 5.74) is 1.40. The van der Waals surface area contributed by atoms with Crippen LogP contribution in [0.5, 0.6) is 0 Å². The summed E-state index contributed by atoms with van der Waals surface area (Å²) in [6.07, 6.45) is 7.11. The molecule has 5 rings (SSSR count). The van der Waals surface area contributed by atoms with Crippen LogP contribution in [0.2, 0.25) is 0 Å². The lowest BCUT2D eigenvalue weighted by atomic mass is 10.2. The molecular weight excluding hydrogens is 373 g/mol. The second kappa shape index (κ2) is 7.23. The number of fused-ring (bicyclic) bond motifs is 1. The Bertz CT molecular complexity index is 1060. The molecule has 1 amide bonds. The van der Waals surface area contributed by atoms with Crippen LogP contribution in [0.4, 0.5) is 16.0 Å². The van der Waals surface area contributed by atoms with Gasteiger partial charge in [-0.25, -0.2) is 19.3 Å². The number of piperazine rings is 1. The molecule has 3 aromatic heterocycles. The van der Waals surface area contributed by atoms with Crippen LogP contribution >= 0.6 is 0 Å². The maximum Gasteiger partial charge on any atom is 0.275 e. The van der Waals surface area contributed by atoms with Crippen molar-refractivity contribution in [1.29, 1.82) is 0 Å². The third kappa shape index (κ3) is 3.55. The molecule has 0 aromatic carbocycles. The quantitative estimate of drug-likeness (QED) is 0.726. The average molecular weight is 393 g/mol. The van der Waals surface area contributed by atoms with Crippen LogP contribution in [0.3, 0.4) is 0 Å². The third-order valence-corrected chi connectivity index (χ3v) is 5.19. The first-order valence-electron chi connectivity index (χ1n) is 9.72. The molecule has 1 saturated carbocycles. The van der Waals surface area contributed by atoms with Gasteiger partial charge in [0, 0.05) is 44.6 Å². The Balaban J connectivity index is 1.37. The zero-order chi connectivity index (χ0) is 19.8. The Morgan fingerprint density at radius 2 is 1.90 bits per heavy atom. The third-order valence-electron chi connectivity index (χ3n) is 5.19. The molecule has 0 bridgehead atoms. The Kier molecular flexibility index (Phi) is 4.42. The molecule has 1 saturated heterocycles. The van der Waals surface area contributed by atoms with Gasteiger partial charge in [-0.1, -0.05) is 0 Å². The number of hydrogen-bond acceptors (Lipinski definition) is 7. The van der Waals surface area contributed by atoms with E-state index in [1.54, 1.807) is 17.3 Å². The van der Waals surface area contributed by atoms with Crippen LogP contribution in [-0.2, 0) is 0 Å². The van der Waals surface area contributed by atoms with Crippen molar-refractivity contribution in [2.45, 2.75) is 18.9 Å². The van der Waals surface area contributed by atoms with Crippen molar-refractivity contribution >= 4 is 28.6 Å². The molecular formula is C20H20FN7O. The summed E-state index contributed by atoms with van der Waals surface area (Å²) in [7, 11) is 0. The lowest BCUT2D eigenvalue weighted by Crippen LogP contribution is -2.49. The van der Waals surface area contributed by atoms with Crippen LogP contribution in [0.25, 0.3) is 11.0 Å². The Hall–Kier alpha value is -3.36. The number of nitrogens with one attached hydrogen (secondary N) is 1. The van der Waals surface area contributed by atoms with Crippen LogP contribution in [0.1, 0.15) is 23.3 Å². The topological polar surface area (TPSA) is 87.1 Å². The maximum absolute atomic E-state index is 13.9. The second-order valence-corrected chi connectivity index (χ2v) is 7.29. The summed E-state index contributed by atoms with van der Waals surface area (Å²) >= 11 is 0. The second-order valence-electron chi connectivity index (χ2n) is 7.29. The van der Waals surface area contributed by atoms with Crippen molar-refractivity contribution in [2.75, 3.05) is 36.4 Å². The molecule has 9 heteroatoms. The molecule has 1 N–H and O–H groups in total. The molecule has 29 heavy (non-hydrogen) atoms. The summed E-state index contributed by atoms with van der Waals surface area (Å²) in [4.78, 5) is 33.9. The van der Waals surface area contributed by atoms with Gasteiger partial charge in [0.15, 0.2) is 23.1 Å². The molecule has 1 aliphatic carbocycles. The van der Waals surface area contributed by atoms with Gasteiger partial charge in [-0.15, -0.1) is 0 Å². The van der Waals surface area contributed by atoms with Gasteiger partial charge < -0.3 is 15.1 Å². The van der Waals surface area contributed by atoms with Gasteiger partial charge >= 0.3 is 0 Å². The summed E-state index contributed by atoms with van der Waals surface area (Å²) in [5, 5.41) is 3.47. The van der Waals surface area contributed by atoms with E-state index < -0.39 is 5.82 Å². The van der Waals surface area contributed by atoms with E-state index in [4.69, 9.17) is 9.97 Å². The molecule has 0 atom stereocenters. The van der Waals surface area contributed by atoms with Gasteiger partial charge in [-0.2, -0.15) is 0 Å². The van der Waals surface area contributed by atoms with Crippen molar-refractivity contribution < 1.29 is 9.18 Å². The fourth-order valence-corrected chi connectivity index (χ4v) is 3.45. The summed E-state index contributed by atoms with van der Waals surface area (Å²) in [5.74, 6) is 0.562. The van der Waals surface area contributed by atoms with Crippen LogP contribution in [0.15, 0.2) is 36.8 Å². The summed E-state index contributed by atoms with van der Waals surface area (Å²) < 4.78 is 13.9. The standard InChI is InChI=1S/C20H20FN7O/c21-14-2-1-6-23-17(14)20(29)28-10-8-27(9-11-28)19-18(24-13-3-4-13)25-15-5-7-22-12-16(15)26-19/h1-2,5-7,12-13H,3-4,8-11H2,(H,24,25). The Labute approximate surface area is 166 Å². The van der Waals surface area contributed by atoms with E-state index in [1.165, 1.54) is 18.3 Å². The van der Waals surface area contributed by atoms with E-state index in [1.807, 2.05) is 6.07 Å². The predicted octanol–water partition coefficient (Wildman–Crippen LogP) is 2.10. The van der Waals surface area contributed by atoms with E-state index in [0.717, 1.165) is 35.5 Å². The number of anilines is 2. The molecule has 0 unspecified atom stereocenters. The number of halogens is 1. The largest absolute Gasteiger partial charge is 0.364 e. The average Bonchev–Trinajstić information content (AvgIpc) is 3.57. The first-order chi connectivity index (χ1) is 14.2. The summed E-state index contributed by atoms with van der Waals surface area (Å²) in [6, 6.07) is 5.02. The van der Waals surface area contributed by atoms with E-state index in [2.05, 4.69) is 20.2 Å². The Morgan fingerprint density at radius 1 is 1.07 bits per heavy atom. The number of nitrogens with zero attached hydrogens (tertiary/aromatic N) is 6. The first-order valence-corrected chi connectivity index (χ1v) is 9.72. The van der Waals surface area contributed by atoms with Crippen LogP contribution in [0, 0.1) is 5.82 Å². The number of rotatable bonds is 4. The Morgan fingerprint density at radius 3 is 2.66 bits per heavy atom. The SMILES string of the molecule is O=C(c1ncccc1F)N1CCN(c2nc3cnccc3nc2NC2CC2)CC1. The molecule has 1 aliphatic heterocycles. The number of carbonyl (C=O) groups is 1. The van der Waals surface area contributed by atoms with Gasteiger partial charge in [-0.05, 0) is 31.0 Å². The number of carbonyl (C=O) groups excluding carboxylic acids is 1. The predicted molar refractivity (Wildman–Crippen MR) is 106 cm³/mol. The minimum Gasteiger partial charge on any atom is -0.364 e. The van der Waals surface area contributed by atoms with Crippen molar-refractivity contribution in [3.8, 4) is 0 Å². The van der Waals surface area contributed by atoms with E-state index in [9.17, 15) is 9.18 Å². The zero-order valence-corrected chi connectivity index (χ0v) is 15.8. The highest BCUT2D eigenvalue weighted by atomic mass is 19.1. The van der Waals surface area contributed by atoms with Crippen molar-refractivity contribution in [3.05, 3.63) is 48.3 Å². The molecule has 0 spiro atoms. The minimum absolute atomic E-state index is 0.131. The fraction of sp³-hybridized carbons (Fsp3) is 0.350. The molecule has 4 heterocycles. The first kappa shape index (κ1) is 17.7. The highest BCUT2D eigenvalue weighted by Crippen LogP contribution is 2.31. The zero-order valence-electron chi connectivity index (χ0n) is 15.8.